The Kier molecular flexibility index (Phi) is 5.76. The lowest BCUT2D eigenvalue weighted by molar-refractivity contribution is 0.0735. The molecule has 166 valence electrons. The van der Waals surface area contributed by atoms with Gasteiger partial charge in [0.25, 0.3) is 11.5 Å². The van der Waals surface area contributed by atoms with Crippen molar-refractivity contribution in [3.63, 3.8) is 0 Å². The second-order valence-electron chi connectivity index (χ2n) is 7.33. The van der Waals surface area contributed by atoms with E-state index in [4.69, 9.17) is 4.74 Å². The number of rotatable bonds is 4. The van der Waals surface area contributed by atoms with Gasteiger partial charge in [0.2, 0.25) is 5.69 Å². The molecule has 1 fully saturated rings. The predicted molar refractivity (Wildman–Crippen MR) is 116 cm³/mol. The molecular formula is C22H22FN5O4. The van der Waals surface area contributed by atoms with Gasteiger partial charge in [-0.1, -0.05) is 12.1 Å². The molecule has 1 aliphatic heterocycles. The zero-order valence-electron chi connectivity index (χ0n) is 17.7. The van der Waals surface area contributed by atoms with Gasteiger partial charge in [-0.15, -0.1) is 0 Å². The van der Waals surface area contributed by atoms with E-state index in [1.54, 1.807) is 7.11 Å². The molecule has 4 rings (SSSR count). The van der Waals surface area contributed by atoms with Gasteiger partial charge in [0.15, 0.2) is 0 Å². The average molecular weight is 439 g/mol. The molecule has 0 spiro atoms. The fraction of sp³-hybridized carbons (Fsp3) is 0.273. The minimum absolute atomic E-state index is 0.252. The molecule has 0 saturated carbocycles. The van der Waals surface area contributed by atoms with Crippen LogP contribution >= 0.6 is 0 Å². The van der Waals surface area contributed by atoms with Crippen molar-refractivity contribution < 1.29 is 13.9 Å². The highest BCUT2D eigenvalue weighted by Crippen LogP contribution is 2.28. The lowest BCUT2D eigenvalue weighted by Crippen LogP contribution is -2.51. The number of methoxy groups -OCH3 is 1. The van der Waals surface area contributed by atoms with Gasteiger partial charge in [-0.3, -0.25) is 14.2 Å². The molecule has 0 N–H and O–H groups in total. The van der Waals surface area contributed by atoms with Crippen LogP contribution in [-0.2, 0) is 7.05 Å². The van der Waals surface area contributed by atoms with Crippen LogP contribution in [-0.4, -0.2) is 58.4 Å². The summed E-state index contributed by atoms with van der Waals surface area (Å²) in [5.41, 5.74) is -0.671. The molecule has 1 amide bonds. The van der Waals surface area contributed by atoms with Crippen molar-refractivity contribution >= 4 is 11.6 Å². The highest BCUT2D eigenvalue weighted by Gasteiger charge is 2.28. The Morgan fingerprint density at radius 2 is 1.66 bits per heavy atom. The number of aromatic nitrogens is 3. The van der Waals surface area contributed by atoms with Gasteiger partial charge in [0.05, 0.1) is 18.5 Å². The van der Waals surface area contributed by atoms with Crippen molar-refractivity contribution in [1.82, 2.24) is 19.2 Å². The normalized spacial score (nSPS) is 13.8. The number of amides is 1. The van der Waals surface area contributed by atoms with Crippen molar-refractivity contribution in [3.05, 3.63) is 80.9 Å². The molecule has 1 aromatic heterocycles. The van der Waals surface area contributed by atoms with E-state index in [1.807, 2.05) is 24.3 Å². The first-order valence-corrected chi connectivity index (χ1v) is 10.0. The maximum absolute atomic E-state index is 13.3. The number of carbonyl (C=O) groups is 1. The Bertz CT molecular complexity index is 1260. The number of para-hydroxylation sites is 2. The molecule has 0 aliphatic carbocycles. The lowest BCUT2D eigenvalue weighted by atomic mass is 10.2. The van der Waals surface area contributed by atoms with Gasteiger partial charge in [-0.2, -0.15) is 9.78 Å². The van der Waals surface area contributed by atoms with E-state index in [9.17, 15) is 18.8 Å². The number of anilines is 1. The van der Waals surface area contributed by atoms with E-state index in [0.29, 0.717) is 26.2 Å². The van der Waals surface area contributed by atoms with Crippen molar-refractivity contribution in [1.29, 1.82) is 0 Å². The number of benzene rings is 2. The molecule has 0 radical (unpaired) electrons. The second-order valence-corrected chi connectivity index (χ2v) is 7.33. The topological polar surface area (TPSA) is 89.7 Å². The molecule has 10 heteroatoms. The van der Waals surface area contributed by atoms with E-state index >= 15 is 0 Å². The van der Waals surface area contributed by atoms with Crippen LogP contribution in [0.3, 0.4) is 0 Å². The van der Waals surface area contributed by atoms with E-state index in [0.717, 1.165) is 20.7 Å². The van der Waals surface area contributed by atoms with Crippen molar-refractivity contribution in [2.45, 2.75) is 0 Å². The average Bonchev–Trinajstić information content (AvgIpc) is 2.83. The van der Waals surface area contributed by atoms with Crippen molar-refractivity contribution in [2.24, 2.45) is 7.05 Å². The largest absolute Gasteiger partial charge is 0.495 e. The molecule has 1 saturated heterocycles. The van der Waals surface area contributed by atoms with Crippen LogP contribution in [0.25, 0.3) is 5.69 Å². The number of nitrogens with zero attached hydrogens (tertiary/aromatic N) is 5. The summed E-state index contributed by atoms with van der Waals surface area (Å²) in [4.78, 5) is 41.9. The number of hydrogen-bond donors (Lipinski definition) is 0. The lowest BCUT2D eigenvalue weighted by Gasteiger charge is -2.36. The first kappa shape index (κ1) is 21.3. The molecule has 3 aromatic rings. The Labute approximate surface area is 182 Å². The van der Waals surface area contributed by atoms with Crippen LogP contribution in [0, 0.1) is 5.82 Å². The minimum atomic E-state index is -0.773. The fourth-order valence-electron chi connectivity index (χ4n) is 3.65. The number of ether oxygens (including phenoxy) is 1. The van der Waals surface area contributed by atoms with Gasteiger partial charge in [-0.25, -0.2) is 9.18 Å². The summed E-state index contributed by atoms with van der Waals surface area (Å²) in [5.74, 6) is -0.286. The van der Waals surface area contributed by atoms with Crippen molar-refractivity contribution in [2.75, 3.05) is 38.2 Å². The van der Waals surface area contributed by atoms with E-state index in [2.05, 4.69) is 10.00 Å². The Balaban J connectivity index is 1.59. The van der Waals surface area contributed by atoms with Gasteiger partial charge >= 0.3 is 5.69 Å². The summed E-state index contributed by atoms with van der Waals surface area (Å²) in [6, 6.07) is 12.7. The quantitative estimate of drug-likeness (QED) is 0.604. The van der Waals surface area contributed by atoms with Crippen LogP contribution in [0.15, 0.2) is 58.1 Å². The third-order valence-corrected chi connectivity index (χ3v) is 5.44. The third kappa shape index (κ3) is 3.86. The highest BCUT2D eigenvalue weighted by molar-refractivity contribution is 5.92. The molecule has 2 aromatic carbocycles. The second kappa shape index (κ2) is 8.66. The minimum Gasteiger partial charge on any atom is -0.495 e. The first-order chi connectivity index (χ1) is 15.4. The van der Waals surface area contributed by atoms with Gasteiger partial charge < -0.3 is 14.5 Å². The van der Waals surface area contributed by atoms with Gasteiger partial charge in [0.1, 0.15) is 11.6 Å². The van der Waals surface area contributed by atoms with Gasteiger partial charge in [0, 0.05) is 33.2 Å². The number of carbonyl (C=O) groups excluding carboxylic acids is 1. The SMILES string of the molecule is COc1ccccc1N1CCN(C(=O)c2nn(-c3ccc(F)cc3)c(=O)n(C)c2=O)CC1. The Morgan fingerprint density at radius 3 is 2.31 bits per heavy atom. The third-order valence-electron chi connectivity index (χ3n) is 5.44. The van der Waals surface area contributed by atoms with E-state index < -0.39 is 23.0 Å². The molecule has 0 atom stereocenters. The van der Waals surface area contributed by atoms with Crippen LogP contribution in [0.5, 0.6) is 5.75 Å². The standard InChI is InChI=1S/C22H22FN5O4/c1-25-20(29)19(24-28(22(25)31)16-9-7-15(23)8-10-16)21(30)27-13-11-26(12-14-27)17-5-3-4-6-18(17)32-2/h3-10H,11-14H2,1-2H3. The maximum atomic E-state index is 13.3. The monoisotopic (exact) mass is 439 g/mol. The molecule has 0 unspecified atom stereocenters. The zero-order chi connectivity index (χ0) is 22.8. The van der Waals surface area contributed by atoms with Crippen LogP contribution < -0.4 is 20.9 Å². The first-order valence-electron chi connectivity index (χ1n) is 10.0. The Hall–Kier alpha value is -3.95. The summed E-state index contributed by atoms with van der Waals surface area (Å²) >= 11 is 0. The summed E-state index contributed by atoms with van der Waals surface area (Å²) in [6.07, 6.45) is 0. The van der Waals surface area contributed by atoms with Gasteiger partial charge in [-0.05, 0) is 36.4 Å². The Morgan fingerprint density at radius 1 is 1.00 bits per heavy atom. The highest BCUT2D eigenvalue weighted by atomic mass is 19.1. The van der Waals surface area contributed by atoms with Crippen LogP contribution in [0.4, 0.5) is 10.1 Å². The molecule has 2 heterocycles. The van der Waals surface area contributed by atoms with Crippen LogP contribution in [0.1, 0.15) is 10.5 Å². The maximum Gasteiger partial charge on any atom is 0.351 e. The summed E-state index contributed by atoms with van der Waals surface area (Å²) in [7, 11) is 2.89. The molecule has 9 nitrogen and oxygen atoms in total. The number of hydrogen-bond acceptors (Lipinski definition) is 6. The molecule has 0 bridgehead atoms. The fourth-order valence-corrected chi connectivity index (χ4v) is 3.65. The van der Waals surface area contributed by atoms with Crippen molar-refractivity contribution in [3.8, 4) is 11.4 Å². The van der Waals surface area contributed by atoms with E-state index in [-0.39, 0.29) is 11.4 Å². The summed E-state index contributed by atoms with van der Waals surface area (Å²) in [5, 5.41) is 4.04. The molecule has 1 aliphatic rings. The predicted octanol–water partition coefficient (Wildman–Crippen LogP) is 1.04. The smallest absolute Gasteiger partial charge is 0.351 e. The zero-order valence-corrected chi connectivity index (χ0v) is 17.7. The van der Waals surface area contributed by atoms with Crippen LogP contribution in [0.2, 0.25) is 0 Å². The number of piperazine rings is 1. The summed E-state index contributed by atoms with van der Waals surface area (Å²) < 4.78 is 20.4. The van der Waals surface area contributed by atoms with E-state index in [1.165, 1.54) is 36.2 Å². The molecular weight excluding hydrogens is 417 g/mol. The summed E-state index contributed by atoms with van der Waals surface area (Å²) in [6.45, 7) is 1.84. The number of halogens is 1. The molecule has 32 heavy (non-hydrogen) atoms.